The fourth-order valence-electron chi connectivity index (χ4n) is 3.22. The van der Waals surface area contributed by atoms with Crippen LogP contribution in [0, 0.1) is 0 Å². The van der Waals surface area contributed by atoms with Crippen molar-refractivity contribution in [3.05, 3.63) is 83.1 Å². The minimum Gasteiger partial charge on any atom is -0.455 e. The smallest absolute Gasteiger partial charge is 0.355 e. The molecular weight excluding hydrogens is 493 g/mol. The van der Waals surface area contributed by atoms with Gasteiger partial charge in [0.1, 0.15) is 5.75 Å². The van der Waals surface area contributed by atoms with E-state index >= 15 is 0 Å². The summed E-state index contributed by atoms with van der Waals surface area (Å²) >= 11 is 6.08. The first-order valence-corrected chi connectivity index (χ1v) is 10.0. The van der Waals surface area contributed by atoms with Crippen LogP contribution in [-0.2, 0) is 11.3 Å². The number of rotatable bonds is 3. The van der Waals surface area contributed by atoms with Gasteiger partial charge >= 0.3 is 17.9 Å². The highest BCUT2D eigenvalue weighted by Crippen LogP contribution is 2.40. The van der Waals surface area contributed by atoms with E-state index in [1.807, 2.05) is 5.43 Å². The second kappa shape index (κ2) is 10.2. The number of anilines is 1. The molecule has 1 aliphatic heterocycles. The number of aliphatic hydroxyl groups excluding tert-OH is 1. The second-order valence-electron chi connectivity index (χ2n) is 7.10. The minimum absolute atomic E-state index is 0. The molecule has 34 heavy (non-hydrogen) atoms. The molecule has 2 heterocycles. The van der Waals surface area contributed by atoms with Crippen molar-refractivity contribution in [1.82, 2.24) is 15.8 Å². The van der Waals surface area contributed by atoms with E-state index in [1.54, 1.807) is 41.8 Å². The summed E-state index contributed by atoms with van der Waals surface area (Å²) in [7, 11) is 0. The van der Waals surface area contributed by atoms with Crippen molar-refractivity contribution >= 4 is 41.6 Å². The first-order chi connectivity index (χ1) is 15.8. The lowest BCUT2D eigenvalue weighted by Gasteiger charge is -2.25. The highest BCUT2D eigenvalue weighted by Gasteiger charge is 2.47. The Hall–Kier alpha value is -3.47. The summed E-state index contributed by atoms with van der Waals surface area (Å²) in [5, 5.41) is 10.3. The highest BCUT2D eigenvalue weighted by molar-refractivity contribution is 6.31. The van der Waals surface area contributed by atoms with Gasteiger partial charge < -0.3 is 9.84 Å². The first-order valence-electron chi connectivity index (χ1n) is 9.66. The van der Waals surface area contributed by atoms with E-state index in [4.69, 9.17) is 16.3 Å². The van der Waals surface area contributed by atoms with Gasteiger partial charge in [0, 0.05) is 23.0 Å². The van der Waals surface area contributed by atoms with Crippen LogP contribution in [0.2, 0.25) is 5.02 Å². The molecule has 1 aromatic heterocycles. The maximum Gasteiger partial charge on any atom is 0.355 e. The largest absolute Gasteiger partial charge is 0.455 e. The number of alkyl halides is 2. The maximum absolute atomic E-state index is 14.5. The summed E-state index contributed by atoms with van der Waals surface area (Å²) in [6, 6.07) is 13.0. The average Bonchev–Trinajstić information content (AvgIpc) is 2.98. The van der Waals surface area contributed by atoms with E-state index in [-0.39, 0.29) is 30.2 Å². The normalized spacial score (nSPS) is 13.2. The van der Waals surface area contributed by atoms with E-state index in [9.17, 15) is 23.5 Å². The van der Waals surface area contributed by atoms with Crippen LogP contribution in [0.1, 0.15) is 17.2 Å². The van der Waals surface area contributed by atoms with Crippen LogP contribution in [-0.4, -0.2) is 28.0 Å². The zero-order valence-corrected chi connectivity index (χ0v) is 18.8. The van der Waals surface area contributed by atoms with Gasteiger partial charge in [-0.2, -0.15) is 8.78 Å². The molecular formula is C22H18Cl2F2N4O4. The number of halogens is 4. The molecule has 1 atom stereocenters. The molecule has 0 fully saturated rings. The molecule has 3 amide bonds. The fourth-order valence-corrected chi connectivity index (χ4v) is 3.38. The molecule has 0 radical (unpaired) electrons. The van der Waals surface area contributed by atoms with Crippen LogP contribution in [0.4, 0.5) is 19.3 Å². The van der Waals surface area contributed by atoms with Crippen molar-refractivity contribution in [3.63, 3.8) is 0 Å². The SMILES string of the molecule is Cl.O=C(NNC(=O)C(F)(F)C(O)c1ccncc1)N1Cc2ccccc2Oc2ccc(Cl)cc21. The van der Waals surface area contributed by atoms with Crippen molar-refractivity contribution in [2.24, 2.45) is 0 Å². The van der Waals surface area contributed by atoms with Crippen molar-refractivity contribution in [1.29, 1.82) is 0 Å². The van der Waals surface area contributed by atoms with Crippen LogP contribution < -0.4 is 20.5 Å². The van der Waals surface area contributed by atoms with Crippen molar-refractivity contribution in [3.8, 4) is 11.5 Å². The summed E-state index contributed by atoms with van der Waals surface area (Å²) in [5.74, 6) is -5.31. The molecule has 3 N–H and O–H groups in total. The van der Waals surface area contributed by atoms with E-state index in [2.05, 4.69) is 4.98 Å². The first kappa shape index (κ1) is 25.2. The Labute approximate surface area is 203 Å². The van der Waals surface area contributed by atoms with Crippen molar-refractivity contribution < 1.29 is 28.2 Å². The van der Waals surface area contributed by atoms with E-state index in [0.29, 0.717) is 22.1 Å². The summed E-state index contributed by atoms with van der Waals surface area (Å²) in [5.41, 5.74) is 4.36. The Bertz CT molecular complexity index is 1200. The molecule has 8 nitrogen and oxygen atoms in total. The third-order valence-electron chi connectivity index (χ3n) is 4.93. The number of hydrogen-bond donors (Lipinski definition) is 3. The predicted molar refractivity (Wildman–Crippen MR) is 122 cm³/mol. The maximum atomic E-state index is 14.5. The van der Waals surface area contributed by atoms with Crippen molar-refractivity contribution in [2.75, 3.05) is 4.90 Å². The Morgan fingerprint density at radius 3 is 2.53 bits per heavy atom. The van der Waals surface area contributed by atoms with Crippen LogP contribution in [0.15, 0.2) is 67.0 Å². The number of urea groups is 1. The number of amides is 3. The number of para-hydroxylation sites is 1. The lowest BCUT2D eigenvalue weighted by Crippen LogP contribution is -2.54. The number of benzene rings is 2. The number of nitrogens with zero attached hydrogens (tertiary/aromatic N) is 2. The van der Waals surface area contributed by atoms with Gasteiger partial charge in [-0.1, -0.05) is 29.8 Å². The fraction of sp³-hybridized carbons (Fsp3) is 0.136. The minimum atomic E-state index is -4.23. The molecule has 3 aromatic rings. The molecule has 0 saturated heterocycles. The number of hydrogen-bond acceptors (Lipinski definition) is 5. The highest BCUT2D eigenvalue weighted by atomic mass is 35.5. The van der Waals surface area contributed by atoms with Gasteiger partial charge in [0.15, 0.2) is 11.9 Å². The number of nitrogens with one attached hydrogen (secondary N) is 2. The van der Waals surface area contributed by atoms with Gasteiger partial charge in [-0.15, -0.1) is 12.4 Å². The van der Waals surface area contributed by atoms with Gasteiger partial charge in [-0.05, 0) is 42.0 Å². The Morgan fingerprint density at radius 2 is 1.79 bits per heavy atom. The Kier molecular flexibility index (Phi) is 7.55. The number of aromatic nitrogens is 1. The molecule has 1 aliphatic rings. The summed E-state index contributed by atoms with van der Waals surface area (Å²) in [4.78, 5) is 29.9. The third kappa shape index (κ3) is 5.04. The molecule has 0 aliphatic carbocycles. The van der Waals surface area contributed by atoms with E-state index in [0.717, 1.165) is 12.1 Å². The summed E-state index contributed by atoms with van der Waals surface area (Å²) in [6.45, 7) is 0.0151. The quantitative estimate of drug-likeness (QED) is 0.453. The molecule has 1 unspecified atom stereocenters. The lowest BCUT2D eigenvalue weighted by molar-refractivity contribution is -0.165. The Balaban J connectivity index is 0.00000324. The average molecular weight is 511 g/mol. The molecule has 0 saturated carbocycles. The summed E-state index contributed by atoms with van der Waals surface area (Å²) in [6.07, 6.45) is -0.0258. The monoisotopic (exact) mass is 510 g/mol. The number of fused-ring (bicyclic) bond motifs is 2. The number of pyridine rings is 1. The standard InChI is InChI=1S/C22H17ClF2N4O4.ClH/c23-15-5-6-18-16(11-15)29(12-14-3-1-2-4-17(14)33-18)21(32)28-27-20(31)22(24,25)19(30)13-7-9-26-10-8-13;/h1-11,19,30H,12H2,(H,27,31)(H,28,32);1H. The van der Waals surface area contributed by atoms with Crippen LogP contribution in [0.25, 0.3) is 0 Å². The van der Waals surface area contributed by atoms with Gasteiger partial charge in [-0.3, -0.25) is 20.1 Å². The number of carbonyl (C=O) groups is 2. The van der Waals surface area contributed by atoms with E-state index in [1.165, 1.54) is 23.4 Å². The summed E-state index contributed by atoms with van der Waals surface area (Å²) < 4.78 is 34.8. The predicted octanol–water partition coefficient (Wildman–Crippen LogP) is 4.38. The molecule has 12 heteroatoms. The van der Waals surface area contributed by atoms with Gasteiger partial charge in [0.25, 0.3) is 0 Å². The van der Waals surface area contributed by atoms with Crippen molar-refractivity contribution in [2.45, 2.75) is 18.6 Å². The zero-order valence-electron chi connectivity index (χ0n) is 17.2. The number of aliphatic hydroxyl groups is 1. The molecule has 0 spiro atoms. The second-order valence-corrected chi connectivity index (χ2v) is 7.53. The van der Waals surface area contributed by atoms with E-state index < -0.39 is 24.0 Å². The van der Waals surface area contributed by atoms with Crippen LogP contribution in [0.5, 0.6) is 11.5 Å². The molecule has 2 aromatic carbocycles. The molecule has 178 valence electrons. The van der Waals surface area contributed by atoms with Gasteiger partial charge in [-0.25, -0.2) is 10.2 Å². The van der Waals surface area contributed by atoms with Gasteiger partial charge in [0.05, 0.1) is 12.2 Å². The molecule has 0 bridgehead atoms. The topological polar surface area (TPSA) is 104 Å². The zero-order chi connectivity index (χ0) is 23.6. The number of hydrazine groups is 1. The van der Waals surface area contributed by atoms with Crippen LogP contribution >= 0.6 is 24.0 Å². The Morgan fingerprint density at radius 1 is 1.09 bits per heavy atom. The third-order valence-corrected chi connectivity index (χ3v) is 5.16. The lowest BCUT2D eigenvalue weighted by atomic mass is 10.0. The van der Waals surface area contributed by atoms with Gasteiger partial charge in [0.2, 0.25) is 0 Å². The molecule has 4 rings (SSSR count). The number of ether oxygens (including phenoxy) is 1. The number of carbonyl (C=O) groups excluding carboxylic acids is 2. The van der Waals surface area contributed by atoms with Crippen LogP contribution in [0.3, 0.4) is 0 Å².